The predicted molar refractivity (Wildman–Crippen MR) is 117 cm³/mol. The standard InChI is InChI=1S/C23H19Cl2NO3/c1-15(26-29-14-17-5-10-21(24)22(25)12-17)18-6-8-19(9-7-18)20-4-2-3-16(11-20)13-23(27)28/h2-12,26H,1,13-14H2,(H,27,28). The molecular formula is C23H19Cl2NO3. The first-order valence-electron chi connectivity index (χ1n) is 8.84. The van der Waals surface area contributed by atoms with Crippen molar-refractivity contribution in [2.24, 2.45) is 0 Å². The van der Waals surface area contributed by atoms with Crippen molar-refractivity contribution in [2.75, 3.05) is 0 Å². The number of hydroxylamine groups is 1. The third kappa shape index (κ3) is 5.84. The molecule has 0 bridgehead atoms. The van der Waals surface area contributed by atoms with E-state index >= 15 is 0 Å². The van der Waals surface area contributed by atoms with Crippen LogP contribution in [0.15, 0.2) is 73.3 Å². The summed E-state index contributed by atoms with van der Waals surface area (Å²) in [5.74, 6) is -0.847. The van der Waals surface area contributed by atoms with Gasteiger partial charge in [0, 0.05) is 0 Å². The van der Waals surface area contributed by atoms with Crippen LogP contribution in [0.25, 0.3) is 16.8 Å². The van der Waals surface area contributed by atoms with E-state index in [1.807, 2.05) is 54.6 Å². The van der Waals surface area contributed by atoms with E-state index in [4.69, 9.17) is 33.1 Å². The molecule has 0 saturated carbocycles. The van der Waals surface area contributed by atoms with Crippen molar-refractivity contribution < 1.29 is 14.7 Å². The molecule has 0 saturated heterocycles. The second-order valence-electron chi connectivity index (χ2n) is 6.47. The van der Waals surface area contributed by atoms with Gasteiger partial charge < -0.3 is 5.11 Å². The fourth-order valence-electron chi connectivity index (χ4n) is 2.79. The number of nitrogens with one attached hydrogen (secondary N) is 1. The van der Waals surface area contributed by atoms with Gasteiger partial charge in [-0.15, -0.1) is 0 Å². The van der Waals surface area contributed by atoms with Crippen LogP contribution in [-0.4, -0.2) is 11.1 Å². The Morgan fingerprint density at radius 3 is 2.38 bits per heavy atom. The van der Waals surface area contributed by atoms with E-state index in [0.29, 0.717) is 22.3 Å². The van der Waals surface area contributed by atoms with Crippen LogP contribution in [0, 0.1) is 0 Å². The van der Waals surface area contributed by atoms with E-state index in [-0.39, 0.29) is 6.42 Å². The number of rotatable bonds is 8. The van der Waals surface area contributed by atoms with Gasteiger partial charge in [0.2, 0.25) is 0 Å². The zero-order valence-corrected chi connectivity index (χ0v) is 17.0. The Morgan fingerprint density at radius 1 is 0.931 bits per heavy atom. The van der Waals surface area contributed by atoms with Crippen molar-refractivity contribution in [3.8, 4) is 11.1 Å². The third-order valence-electron chi connectivity index (χ3n) is 4.27. The summed E-state index contributed by atoms with van der Waals surface area (Å²) in [6.45, 7) is 4.30. The number of hydrogen-bond donors (Lipinski definition) is 2. The first kappa shape index (κ1) is 20.9. The summed E-state index contributed by atoms with van der Waals surface area (Å²) < 4.78 is 0. The highest BCUT2D eigenvalue weighted by atomic mass is 35.5. The number of aliphatic carboxylic acids is 1. The van der Waals surface area contributed by atoms with Gasteiger partial charge in [-0.1, -0.05) is 84.4 Å². The summed E-state index contributed by atoms with van der Waals surface area (Å²) in [5, 5.41) is 9.94. The average molecular weight is 428 g/mol. The molecule has 0 unspecified atom stereocenters. The highest BCUT2D eigenvalue weighted by molar-refractivity contribution is 6.42. The van der Waals surface area contributed by atoms with Crippen LogP contribution in [0.4, 0.5) is 0 Å². The van der Waals surface area contributed by atoms with Gasteiger partial charge in [-0.3, -0.25) is 15.1 Å². The van der Waals surface area contributed by atoms with Crippen molar-refractivity contribution in [2.45, 2.75) is 13.0 Å². The minimum absolute atomic E-state index is 0.00280. The van der Waals surface area contributed by atoms with Gasteiger partial charge in [-0.25, -0.2) is 0 Å². The molecule has 0 heterocycles. The first-order valence-corrected chi connectivity index (χ1v) is 9.60. The summed E-state index contributed by atoms with van der Waals surface area (Å²) in [5.41, 5.74) is 7.94. The largest absolute Gasteiger partial charge is 0.481 e. The Morgan fingerprint density at radius 2 is 1.69 bits per heavy atom. The lowest BCUT2D eigenvalue weighted by Crippen LogP contribution is -2.12. The maximum Gasteiger partial charge on any atom is 0.307 e. The number of carboxylic acids is 1. The van der Waals surface area contributed by atoms with Crippen molar-refractivity contribution in [1.29, 1.82) is 0 Å². The van der Waals surface area contributed by atoms with Gasteiger partial charge in [0.15, 0.2) is 0 Å². The Kier molecular flexibility index (Phi) is 6.94. The third-order valence-corrected chi connectivity index (χ3v) is 5.01. The van der Waals surface area contributed by atoms with Crippen LogP contribution in [-0.2, 0) is 22.7 Å². The van der Waals surface area contributed by atoms with E-state index in [1.165, 1.54) is 0 Å². The zero-order chi connectivity index (χ0) is 20.8. The maximum absolute atomic E-state index is 10.9. The molecule has 0 aliphatic carbocycles. The Bertz CT molecular complexity index is 1030. The molecule has 0 radical (unpaired) electrons. The number of carboxylic acid groups (broad SMARTS) is 1. The maximum atomic E-state index is 10.9. The molecule has 6 heteroatoms. The van der Waals surface area contributed by atoms with Gasteiger partial charge in [0.05, 0.1) is 28.8 Å². The van der Waals surface area contributed by atoms with Crippen molar-refractivity contribution >= 4 is 34.9 Å². The van der Waals surface area contributed by atoms with Gasteiger partial charge >= 0.3 is 5.97 Å². The van der Waals surface area contributed by atoms with Crippen molar-refractivity contribution in [3.05, 3.63) is 100 Å². The molecule has 0 amide bonds. The summed E-state index contributed by atoms with van der Waals surface area (Å²) in [6, 6.07) is 20.6. The monoisotopic (exact) mass is 427 g/mol. The van der Waals surface area contributed by atoms with E-state index in [0.717, 1.165) is 27.8 Å². The molecule has 0 aromatic heterocycles. The van der Waals surface area contributed by atoms with Gasteiger partial charge in [-0.2, -0.15) is 0 Å². The summed E-state index contributed by atoms with van der Waals surface area (Å²) >= 11 is 11.9. The normalized spacial score (nSPS) is 10.6. The number of hydrogen-bond acceptors (Lipinski definition) is 3. The Balaban J connectivity index is 1.60. The molecule has 0 spiro atoms. The zero-order valence-electron chi connectivity index (χ0n) is 15.5. The van der Waals surface area contributed by atoms with Gasteiger partial charge in [-0.05, 0) is 39.9 Å². The number of halogens is 2. The second-order valence-corrected chi connectivity index (χ2v) is 7.28. The van der Waals surface area contributed by atoms with E-state index in [2.05, 4.69) is 12.1 Å². The Hall–Kier alpha value is -2.79. The SMILES string of the molecule is C=C(NOCc1ccc(Cl)c(Cl)c1)c1ccc(-c2cccc(CC(=O)O)c2)cc1. The average Bonchev–Trinajstić information content (AvgIpc) is 2.70. The fourth-order valence-corrected chi connectivity index (χ4v) is 3.11. The Labute approximate surface area is 179 Å². The van der Waals surface area contributed by atoms with Crippen LogP contribution in [0.3, 0.4) is 0 Å². The van der Waals surface area contributed by atoms with E-state index in [1.54, 1.807) is 12.1 Å². The highest BCUT2D eigenvalue weighted by Crippen LogP contribution is 2.24. The van der Waals surface area contributed by atoms with Crippen molar-refractivity contribution in [3.63, 3.8) is 0 Å². The lowest BCUT2D eigenvalue weighted by molar-refractivity contribution is -0.136. The molecule has 0 aliphatic rings. The second kappa shape index (κ2) is 9.61. The molecule has 29 heavy (non-hydrogen) atoms. The smallest absolute Gasteiger partial charge is 0.307 e. The lowest BCUT2D eigenvalue weighted by Gasteiger charge is -2.11. The first-order chi connectivity index (χ1) is 13.9. The van der Waals surface area contributed by atoms with Crippen LogP contribution in [0.1, 0.15) is 16.7 Å². The van der Waals surface area contributed by atoms with Crippen LogP contribution in [0.5, 0.6) is 0 Å². The van der Waals surface area contributed by atoms with Crippen LogP contribution >= 0.6 is 23.2 Å². The molecule has 148 valence electrons. The van der Waals surface area contributed by atoms with Crippen molar-refractivity contribution in [1.82, 2.24) is 5.48 Å². The van der Waals surface area contributed by atoms with Gasteiger partial charge in [0.25, 0.3) is 0 Å². The predicted octanol–water partition coefficient (Wildman–Crippen LogP) is 5.98. The molecule has 3 rings (SSSR count). The summed E-state index contributed by atoms with van der Waals surface area (Å²) in [4.78, 5) is 16.4. The topological polar surface area (TPSA) is 58.6 Å². The van der Waals surface area contributed by atoms with Crippen LogP contribution in [0.2, 0.25) is 10.0 Å². The fraction of sp³-hybridized carbons (Fsp3) is 0.0870. The summed E-state index contributed by atoms with van der Waals surface area (Å²) in [6.07, 6.45) is 0.00280. The lowest BCUT2D eigenvalue weighted by atomic mass is 10.0. The number of carbonyl (C=O) groups is 1. The molecule has 3 aromatic carbocycles. The molecule has 0 atom stereocenters. The molecule has 2 N–H and O–H groups in total. The number of benzene rings is 3. The molecule has 3 aromatic rings. The minimum atomic E-state index is -0.847. The molecule has 4 nitrogen and oxygen atoms in total. The minimum Gasteiger partial charge on any atom is -0.481 e. The summed E-state index contributed by atoms with van der Waals surface area (Å²) in [7, 11) is 0. The molecule has 0 aliphatic heterocycles. The van der Waals surface area contributed by atoms with Crippen LogP contribution < -0.4 is 5.48 Å². The quantitative estimate of drug-likeness (QED) is 0.434. The van der Waals surface area contributed by atoms with E-state index in [9.17, 15) is 4.79 Å². The van der Waals surface area contributed by atoms with Gasteiger partial charge in [0.1, 0.15) is 0 Å². The molecule has 0 fully saturated rings. The van der Waals surface area contributed by atoms with E-state index < -0.39 is 5.97 Å². The highest BCUT2D eigenvalue weighted by Gasteiger charge is 2.05. The molecular weight excluding hydrogens is 409 g/mol.